The smallest absolute Gasteiger partial charge is 0.159 e. The van der Waals surface area contributed by atoms with Crippen LogP contribution in [0.3, 0.4) is 0 Å². The molecule has 0 bridgehead atoms. The molecule has 0 aliphatic carbocycles. The highest BCUT2D eigenvalue weighted by atomic mass is 35.5. The van der Waals surface area contributed by atoms with Gasteiger partial charge in [0.25, 0.3) is 0 Å². The lowest BCUT2D eigenvalue weighted by Gasteiger charge is -2.25. The molecule has 2 N–H and O–H groups in total. The summed E-state index contributed by atoms with van der Waals surface area (Å²) >= 11 is 5.83. The highest BCUT2D eigenvalue weighted by Crippen LogP contribution is 2.24. The molecule has 0 aliphatic rings. The molecule has 100 valence electrons. The first-order valence-corrected chi connectivity index (χ1v) is 6.25. The van der Waals surface area contributed by atoms with Crippen molar-refractivity contribution in [1.29, 1.82) is 0 Å². The van der Waals surface area contributed by atoms with Gasteiger partial charge in [-0.2, -0.15) is 0 Å². The molecule has 4 heteroatoms. The number of nitrogens with two attached hydrogens (primary N) is 1. The third-order valence-corrected chi connectivity index (χ3v) is 3.31. The number of rotatable bonds is 3. The molecule has 1 atom stereocenters. The van der Waals surface area contributed by atoms with Crippen LogP contribution in [0.1, 0.15) is 18.1 Å². The zero-order valence-electron chi connectivity index (χ0n) is 10.5. The van der Waals surface area contributed by atoms with E-state index in [-0.39, 0.29) is 0 Å². The Morgan fingerprint density at radius 2 is 1.68 bits per heavy atom. The highest BCUT2D eigenvalue weighted by Gasteiger charge is 2.22. The summed E-state index contributed by atoms with van der Waals surface area (Å²) in [4.78, 5) is 0. The highest BCUT2D eigenvalue weighted by molar-refractivity contribution is 6.30. The molecular weight excluding hydrogens is 268 g/mol. The van der Waals surface area contributed by atoms with Crippen LogP contribution in [-0.2, 0) is 12.0 Å². The van der Waals surface area contributed by atoms with Crippen LogP contribution in [0.4, 0.5) is 8.78 Å². The van der Waals surface area contributed by atoms with Crippen molar-refractivity contribution in [3.05, 3.63) is 70.2 Å². The standard InChI is InChI=1S/C15H14ClF2N/c1-15(19,11-3-5-12(16)6-4-11)9-10-2-7-13(17)14(18)8-10/h2-8H,9,19H2,1H3. The van der Waals surface area contributed by atoms with Crippen molar-refractivity contribution in [3.63, 3.8) is 0 Å². The van der Waals surface area contributed by atoms with Crippen molar-refractivity contribution in [1.82, 2.24) is 0 Å². The fraction of sp³-hybridized carbons (Fsp3) is 0.200. The summed E-state index contributed by atoms with van der Waals surface area (Å²) in [5.41, 5.74) is 7.12. The minimum atomic E-state index is -0.857. The molecule has 2 aromatic rings. The lowest BCUT2D eigenvalue weighted by atomic mass is 9.86. The Kier molecular flexibility index (Phi) is 3.88. The van der Waals surface area contributed by atoms with Gasteiger partial charge in [-0.25, -0.2) is 8.78 Å². The summed E-state index contributed by atoms with van der Waals surface area (Å²) < 4.78 is 26.1. The average molecular weight is 282 g/mol. The number of benzene rings is 2. The van der Waals surface area contributed by atoms with E-state index < -0.39 is 17.2 Å². The maximum Gasteiger partial charge on any atom is 0.159 e. The zero-order chi connectivity index (χ0) is 14.0. The third kappa shape index (κ3) is 3.31. The SMILES string of the molecule is CC(N)(Cc1ccc(F)c(F)c1)c1ccc(Cl)cc1. The Balaban J connectivity index is 2.25. The third-order valence-electron chi connectivity index (χ3n) is 3.06. The summed E-state index contributed by atoms with van der Waals surface area (Å²) in [5.74, 6) is -1.71. The molecule has 2 aromatic carbocycles. The Labute approximate surface area is 116 Å². The monoisotopic (exact) mass is 281 g/mol. The predicted molar refractivity (Wildman–Crippen MR) is 73.1 cm³/mol. The largest absolute Gasteiger partial charge is 0.321 e. The van der Waals surface area contributed by atoms with Crippen LogP contribution in [0.2, 0.25) is 5.02 Å². The molecule has 0 aromatic heterocycles. The maximum absolute atomic E-state index is 13.2. The molecule has 0 radical (unpaired) electrons. The molecular formula is C15H14ClF2N. The van der Waals surface area contributed by atoms with Crippen LogP contribution in [0.5, 0.6) is 0 Å². The molecule has 2 rings (SSSR count). The van der Waals surface area contributed by atoms with Gasteiger partial charge in [0.15, 0.2) is 11.6 Å². The Bertz CT molecular complexity index is 579. The Hall–Kier alpha value is -1.45. The molecule has 1 unspecified atom stereocenters. The van der Waals surface area contributed by atoms with Crippen molar-refractivity contribution in [3.8, 4) is 0 Å². The van der Waals surface area contributed by atoms with E-state index in [1.165, 1.54) is 6.07 Å². The van der Waals surface area contributed by atoms with Gasteiger partial charge in [-0.1, -0.05) is 29.8 Å². The van der Waals surface area contributed by atoms with E-state index in [0.29, 0.717) is 17.0 Å². The Morgan fingerprint density at radius 3 is 2.26 bits per heavy atom. The van der Waals surface area contributed by atoms with E-state index in [1.54, 1.807) is 18.2 Å². The van der Waals surface area contributed by atoms with Crippen LogP contribution in [-0.4, -0.2) is 0 Å². The minimum absolute atomic E-state index is 0.409. The first-order chi connectivity index (χ1) is 8.88. The summed E-state index contributed by atoms with van der Waals surface area (Å²) in [7, 11) is 0. The first kappa shape index (κ1) is 14.0. The second-order valence-corrected chi connectivity index (χ2v) is 5.29. The van der Waals surface area contributed by atoms with Crippen LogP contribution in [0.25, 0.3) is 0 Å². The van der Waals surface area contributed by atoms with Gasteiger partial charge >= 0.3 is 0 Å². The molecule has 19 heavy (non-hydrogen) atoms. The van der Waals surface area contributed by atoms with E-state index in [2.05, 4.69) is 0 Å². The fourth-order valence-electron chi connectivity index (χ4n) is 2.01. The topological polar surface area (TPSA) is 26.0 Å². The predicted octanol–water partition coefficient (Wildman–Crippen LogP) is 4.03. The van der Waals surface area contributed by atoms with Crippen LogP contribution >= 0.6 is 11.6 Å². The number of halogens is 3. The van der Waals surface area contributed by atoms with Gasteiger partial charge in [-0.05, 0) is 48.7 Å². The van der Waals surface area contributed by atoms with Gasteiger partial charge < -0.3 is 5.73 Å². The maximum atomic E-state index is 13.2. The van der Waals surface area contributed by atoms with Crippen molar-refractivity contribution in [2.75, 3.05) is 0 Å². The Morgan fingerprint density at radius 1 is 1.05 bits per heavy atom. The van der Waals surface area contributed by atoms with Gasteiger partial charge in [-0.15, -0.1) is 0 Å². The van der Waals surface area contributed by atoms with E-state index in [1.807, 2.05) is 19.1 Å². The summed E-state index contributed by atoms with van der Waals surface area (Å²) in [6.07, 6.45) is 0.409. The molecule has 1 nitrogen and oxygen atoms in total. The lowest BCUT2D eigenvalue weighted by Crippen LogP contribution is -2.35. The second-order valence-electron chi connectivity index (χ2n) is 4.85. The normalized spacial score (nSPS) is 14.2. The van der Waals surface area contributed by atoms with Crippen LogP contribution < -0.4 is 5.73 Å². The van der Waals surface area contributed by atoms with E-state index in [9.17, 15) is 8.78 Å². The van der Waals surface area contributed by atoms with Crippen molar-refractivity contribution in [2.24, 2.45) is 5.73 Å². The van der Waals surface area contributed by atoms with E-state index in [0.717, 1.165) is 11.6 Å². The average Bonchev–Trinajstić information content (AvgIpc) is 2.34. The summed E-state index contributed by atoms with van der Waals surface area (Å²) in [5, 5.41) is 0.632. The molecule has 0 amide bonds. The first-order valence-electron chi connectivity index (χ1n) is 5.87. The molecule has 0 saturated carbocycles. The van der Waals surface area contributed by atoms with Crippen LogP contribution in [0.15, 0.2) is 42.5 Å². The summed E-state index contributed by atoms with van der Waals surface area (Å²) in [6, 6.07) is 11.0. The zero-order valence-corrected chi connectivity index (χ0v) is 11.2. The van der Waals surface area contributed by atoms with E-state index >= 15 is 0 Å². The number of hydrogen-bond acceptors (Lipinski definition) is 1. The molecule has 0 saturated heterocycles. The second kappa shape index (κ2) is 5.27. The van der Waals surface area contributed by atoms with Gasteiger partial charge in [0, 0.05) is 10.6 Å². The van der Waals surface area contributed by atoms with Gasteiger partial charge in [0.2, 0.25) is 0 Å². The molecule has 0 aliphatic heterocycles. The van der Waals surface area contributed by atoms with E-state index in [4.69, 9.17) is 17.3 Å². The fourth-order valence-corrected chi connectivity index (χ4v) is 2.13. The van der Waals surface area contributed by atoms with Crippen molar-refractivity contribution in [2.45, 2.75) is 18.9 Å². The van der Waals surface area contributed by atoms with Crippen LogP contribution in [0, 0.1) is 11.6 Å². The number of hydrogen-bond donors (Lipinski definition) is 1. The molecule has 0 fully saturated rings. The molecule has 0 heterocycles. The van der Waals surface area contributed by atoms with Gasteiger partial charge in [0.05, 0.1) is 0 Å². The van der Waals surface area contributed by atoms with Gasteiger partial charge in [0.1, 0.15) is 0 Å². The summed E-state index contributed by atoms with van der Waals surface area (Å²) in [6.45, 7) is 1.84. The van der Waals surface area contributed by atoms with Crippen molar-refractivity contribution < 1.29 is 8.78 Å². The quantitative estimate of drug-likeness (QED) is 0.903. The lowest BCUT2D eigenvalue weighted by molar-refractivity contribution is 0.480. The van der Waals surface area contributed by atoms with Gasteiger partial charge in [-0.3, -0.25) is 0 Å². The van der Waals surface area contributed by atoms with Crippen molar-refractivity contribution >= 4 is 11.6 Å². The minimum Gasteiger partial charge on any atom is -0.321 e. The molecule has 0 spiro atoms.